The molecule has 3 heteroatoms. The minimum absolute atomic E-state index is 0.0627. The van der Waals surface area contributed by atoms with Crippen molar-refractivity contribution in [1.29, 1.82) is 0 Å². The highest BCUT2D eigenvalue weighted by Gasteiger charge is 2.49. The van der Waals surface area contributed by atoms with Crippen LogP contribution in [0.4, 0.5) is 0 Å². The summed E-state index contributed by atoms with van der Waals surface area (Å²) in [5, 5.41) is 0. The van der Waals surface area contributed by atoms with Gasteiger partial charge in [-0.25, -0.2) is 0 Å². The van der Waals surface area contributed by atoms with Gasteiger partial charge >= 0.3 is 0 Å². The maximum Gasteiger partial charge on any atom is 0.227 e. The largest absolute Gasteiger partial charge is 0.338 e. The van der Waals surface area contributed by atoms with Gasteiger partial charge in [0.15, 0.2) is 0 Å². The molecule has 0 aliphatic heterocycles. The molecule has 2 N–H and O–H groups in total. The van der Waals surface area contributed by atoms with Gasteiger partial charge in [-0.2, -0.15) is 0 Å². The molecule has 114 valence electrons. The van der Waals surface area contributed by atoms with Crippen molar-refractivity contribution in [2.75, 3.05) is 6.54 Å². The third-order valence-electron chi connectivity index (χ3n) is 5.58. The fourth-order valence-electron chi connectivity index (χ4n) is 4.25. The highest BCUT2D eigenvalue weighted by Crippen LogP contribution is 2.48. The lowest BCUT2D eigenvalue weighted by Gasteiger charge is -2.32. The number of carbonyl (C=O) groups excluding carboxylic acids is 1. The normalized spacial score (nSPS) is 30.6. The minimum Gasteiger partial charge on any atom is -0.338 e. The molecule has 0 heterocycles. The Morgan fingerprint density at radius 2 is 2.00 bits per heavy atom. The van der Waals surface area contributed by atoms with Crippen molar-refractivity contribution in [3.05, 3.63) is 35.4 Å². The van der Waals surface area contributed by atoms with Crippen LogP contribution in [0.15, 0.2) is 24.3 Å². The summed E-state index contributed by atoms with van der Waals surface area (Å²) < 4.78 is 0. The van der Waals surface area contributed by atoms with Gasteiger partial charge in [0.05, 0.1) is 5.92 Å². The molecular formula is C18H26N2O. The van der Waals surface area contributed by atoms with Gasteiger partial charge in [-0.1, -0.05) is 24.3 Å². The summed E-state index contributed by atoms with van der Waals surface area (Å²) in [7, 11) is 0. The first-order valence-corrected chi connectivity index (χ1v) is 8.20. The van der Waals surface area contributed by atoms with E-state index in [1.54, 1.807) is 0 Å². The second kappa shape index (κ2) is 5.80. The molecule has 0 aromatic heterocycles. The van der Waals surface area contributed by atoms with Crippen molar-refractivity contribution in [2.24, 2.45) is 23.5 Å². The van der Waals surface area contributed by atoms with Gasteiger partial charge in [0.25, 0.3) is 0 Å². The third kappa shape index (κ3) is 2.59. The molecule has 2 aliphatic carbocycles. The zero-order chi connectivity index (χ0) is 15.0. The average molecular weight is 286 g/mol. The van der Waals surface area contributed by atoms with Crippen LogP contribution in [0.3, 0.4) is 0 Å². The summed E-state index contributed by atoms with van der Waals surface area (Å²) in [5.41, 5.74) is 8.82. The lowest BCUT2D eigenvalue weighted by molar-refractivity contribution is -0.138. The molecule has 1 amide bonds. The molecule has 2 aliphatic rings. The average Bonchev–Trinajstić information content (AvgIpc) is 3.06. The smallest absolute Gasteiger partial charge is 0.227 e. The van der Waals surface area contributed by atoms with Gasteiger partial charge in [-0.3, -0.25) is 4.79 Å². The van der Waals surface area contributed by atoms with E-state index in [4.69, 9.17) is 5.73 Å². The fraction of sp³-hybridized carbons (Fsp3) is 0.611. The molecule has 4 unspecified atom stereocenters. The maximum atomic E-state index is 12.9. The monoisotopic (exact) mass is 286 g/mol. The lowest BCUT2D eigenvalue weighted by Crippen LogP contribution is -2.46. The Bertz CT molecular complexity index is 526. The van der Waals surface area contributed by atoms with Crippen LogP contribution in [-0.2, 0) is 11.3 Å². The van der Waals surface area contributed by atoms with Gasteiger partial charge < -0.3 is 10.6 Å². The second-order valence-electron chi connectivity index (χ2n) is 6.72. The van der Waals surface area contributed by atoms with Crippen LogP contribution in [0.5, 0.6) is 0 Å². The Kier molecular flexibility index (Phi) is 4.03. The molecule has 3 nitrogen and oxygen atoms in total. The van der Waals surface area contributed by atoms with Crippen LogP contribution in [0, 0.1) is 24.7 Å². The van der Waals surface area contributed by atoms with E-state index in [2.05, 4.69) is 26.0 Å². The summed E-state index contributed by atoms with van der Waals surface area (Å²) in [6.45, 7) is 5.64. The maximum absolute atomic E-state index is 12.9. The van der Waals surface area contributed by atoms with Crippen molar-refractivity contribution in [3.8, 4) is 0 Å². The molecule has 21 heavy (non-hydrogen) atoms. The van der Waals surface area contributed by atoms with Crippen LogP contribution < -0.4 is 5.73 Å². The van der Waals surface area contributed by atoms with E-state index in [1.165, 1.54) is 30.4 Å². The Balaban J connectivity index is 1.74. The lowest BCUT2D eigenvalue weighted by atomic mass is 9.84. The van der Waals surface area contributed by atoms with Gasteiger partial charge in [-0.15, -0.1) is 0 Å². The summed E-state index contributed by atoms with van der Waals surface area (Å²) in [4.78, 5) is 14.9. The first-order chi connectivity index (χ1) is 10.1. The molecule has 2 saturated carbocycles. The standard InChI is InChI=1S/C18H26N2O/c1-3-20(11-15-7-5-4-6-12(15)2)18(21)16-13-8-9-14(10-13)17(16)19/h4-7,13-14,16-17H,3,8-11,19H2,1-2H3. The second-order valence-corrected chi connectivity index (χ2v) is 6.72. The third-order valence-corrected chi connectivity index (χ3v) is 5.58. The van der Waals surface area contributed by atoms with Crippen molar-refractivity contribution >= 4 is 5.91 Å². The number of benzene rings is 1. The molecular weight excluding hydrogens is 260 g/mol. The van der Waals surface area contributed by atoms with E-state index in [0.29, 0.717) is 18.4 Å². The molecule has 0 radical (unpaired) electrons. The first-order valence-electron chi connectivity index (χ1n) is 8.20. The van der Waals surface area contributed by atoms with Crippen LogP contribution in [0.25, 0.3) is 0 Å². The molecule has 2 fully saturated rings. The molecule has 3 rings (SSSR count). The number of hydrogen-bond donors (Lipinski definition) is 1. The van der Waals surface area contributed by atoms with Crippen molar-refractivity contribution in [2.45, 2.75) is 45.7 Å². The Morgan fingerprint density at radius 3 is 2.62 bits per heavy atom. The number of carbonyl (C=O) groups is 1. The number of fused-ring (bicyclic) bond motifs is 2. The van der Waals surface area contributed by atoms with E-state index in [1.807, 2.05) is 17.0 Å². The van der Waals surface area contributed by atoms with Gasteiger partial charge in [0.1, 0.15) is 0 Å². The molecule has 4 atom stereocenters. The number of hydrogen-bond acceptors (Lipinski definition) is 2. The summed E-state index contributed by atoms with van der Waals surface area (Å²) >= 11 is 0. The van der Waals surface area contributed by atoms with E-state index < -0.39 is 0 Å². The number of nitrogens with two attached hydrogens (primary N) is 1. The van der Waals surface area contributed by atoms with Crippen LogP contribution in [0.1, 0.15) is 37.3 Å². The minimum atomic E-state index is 0.0627. The molecule has 1 aromatic carbocycles. The Hall–Kier alpha value is -1.35. The summed E-state index contributed by atoms with van der Waals surface area (Å²) in [6, 6.07) is 8.40. The van der Waals surface area contributed by atoms with Crippen LogP contribution in [-0.4, -0.2) is 23.4 Å². The molecule has 1 aromatic rings. The Labute approximate surface area is 127 Å². The summed E-state index contributed by atoms with van der Waals surface area (Å²) in [6.07, 6.45) is 3.58. The van der Waals surface area contributed by atoms with E-state index in [9.17, 15) is 4.79 Å². The van der Waals surface area contributed by atoms with Crippen molar-refractivity contribution in [1.82, 2.24) is 4.90 Å². The van der Waals surface area contributed by atoms with Gasteiger partial charge in [-0.05, 0) is 56.1 Å². The molecule has 0 spiro atoms. The number of aryl methyl sites for hydroxylation is 1. The van der Waals surface area contributed by atoms with E-state index in [0.717, 1.165) is 6.54 Å². The number of amides is 1. The first kappa shape index (κ1) is 14.6. The summed E-state index contributed by atoms with van der Waals surface area (Å²) in [5.74, 6) is 1.46. The highest BCUT2D eigenvalue weighted by atomic mass is 16.2. The number of rotatable bonds is 4. The predicted molar refractivity (Wildman–Crippen MR) is 84.6 cm³/mol. The molecule has 0 saturated heterocycles. The van der Waals surface area contributed by atoms with Gasteiger partial charge in [0.2, 0.25) is 5.91 Å². The topological polar surface area (TPSA) is 46.3 Å². The zero-order valence-corrected chi connectivity index (χ0v) is 13.1. The quantitative estimate of drug-likeness (QED) is 0.925. The van der Waals surface area contributed by atoms with Crippen molar-refractivity contribution < 1.29 is 4.79 Å². The Morgan fingerprint density at radius 1 is 1.29 bits per heavy atom. The van der Waals surface area contributed by atoms with E-state index >= 15 is 0 Å². The van der Waals surface area contributed by atoms with Crippen molar-refractivity contribution in [3.63, 3.8) is 0 Å². The highest BCUT2D eigenvalue weighted by molar-refractivity contribution is 5.80. The predicted octanol–water partition coefficient (Wildman–Crippen LogP) is 2.72. The fourth-order valence-corrected chi connectivity index (χ4v) is 4.25. The zero-order valence-electron chi connectivity index (χ0n) is 13.1. The van der Waals surface area contributed by atoms with Gasteiger partial charge in [0, 0.05) is 19.1 Å². The SMILES string of the molecule is CCN(Cc1ccccc1C)C(=O)C1C2CCC(C2)C1N. The van der Waals surface area contributed by atoms with Crippen LogP contribution >= 0.6 is 0 Å². The van der Waals surface area contributed by atoms with Crippen LogP contribution in [0.2, 0.25) is 0 Å². The van der Waals surface area contributed by atoms with E-state index in [-0.39, 0.29) is 17.9 Å². The number of nitrogens with zero attached hydrogens (tertiary/aromatic N) is 1. The molecule has 2 bridgehead atoms.